The number of Topliss-reactive ketones (excluding diaryl/α,β-unsaturated/α-hetero) is 1. The Hall–Kier alpha value is -1.42. The SMILES string of the molecule is O=C(CC1CCCCC1)c1ccc(N2CCNCC2)c(F)c1. The van der Waals surface area contributed by atoms with Gasteiger partial charge in [-0.05, 0) is 24.1 Å². The van der Waals surface area contributed by atoms with E-state index in [2.05, 4.69) is 5.32 Å². The molecule has 2 aliphatic rings. The molecule has 2 fully saturated rings. The molecule has 1 saturated carbocycles. The first-order valence-electron chi connectivity index (χ1n) is 8.52. The van der Waals surface area contributed by atoms with Gasteiger partial charge in [-0.15, -0.1) is 0 Å². The molecule has 0 unspecified atom stereocenters. The number of piperazine rings is 1. The van der Waals surface area contributed by atoms with Crippen molar-refractivity contribution in [3.8, 4) is 0 Å². The number of nitrogens with one attached hydrogen (secondary N) is 1. The summed E-state index contributed by atoms with van der Waals surface area (Å²) in [7, 11) is 0. The minimum Gasteiger partial charge on any atom is -0.367 e. The molecular weight excluding hydrogens is 279 g/mol. The van der Waals surface area contributed by atoms with Crippen LogP contribution in [0, 0.1) is 11.7 Å². The van der Waals surface area contributed by atoms with Crippen LogP contribution < -0.4 is 10.2 Å². The van der Waals surface area contributed by atoms with Crippen molar-refractivity contribution in [3.63, 3.8) is 0 Å². The molecule has 120 valence electrons. The Morgan fingerprint density at radius 3 is 2.59 bits per heavy atom. The minimum atomic E-state index is -0.267. The van der Waals surface area contributed by atoms with E-state index in [0.29, 0.717) is 23.6 Å². The number of hydrogen-bond donors (Lipinski definition) is 1. The summed E-state index contributed by atoms with van der Waals surface area (Å²) in [4.78, 5) is 14.4. The zero-order valence-corrected chi connectivity index (χ0v) is 13.1. The van der Waals surface area contributed by atoms with Crippen LogP contribution in [0.25, 0.3) is 0 Å². The van der Waals surface area contributed by atoms with E-state index in [-0.39, 0.29) is 11.6 Å². The summed E-state index contributed by atoms with van der Waals surface area (Å²) in [5, 5.41) is 3.26. The monoisotopic (exact) mass is 304 g/mol. The Balaban J connectivity index is 1.66. The van der Waals surface area contributed by atoms with Crippen molar-refractivity contribution in [2.75, 3.05) is 31.1 Å². The van der Waals surface area contributed by atoms with E-state index in [1.807, 2.05) is 4.90 Å². The molecule has 4 heteroatoms. The van der Waals surface area contributed by atoms with Gasteiger partial charge in [-0.1, -0.05) is 32.1 Å². The number of benzene rings is 1. The molecule has 1 aromatic carbocycles. The van der Waals surface area contributed by atoms with Gasteiger partial charge in [-0.3, -0.25) is 4.79 Å². The third-order valence-electron chi connectivity index (χ3n) is 4.93. The van der Waals surface area contributed by atoms with Crippen LogP contribution in [0.4, 0.5) is 10.1 Å². The first kappa shape index (κ1) is 15.5. The molecule has 0 bridgehead atoms. The number of nitrogens with zero attached hydrogens (tertiary/aromatic N) is 1. The van der Waals surface area contributed by atoms with Gasteiger partial charge in [0.05, 0.1) is 5.69 Å². The normalized spacial score (nSPS) is 20.1. The lowest BCUT2D eigenvalue weighted by Crippen LogP contribution is -2.43. The molecule has 3 nitrogen and oxygen atoms in total. The van der Waals surface area contributed by atoms with Gasteiger partial charge in [-0.25, -0.2) is 4.39 Å². The van der Waals surface area contributed by atoms with Crippen LogP contribution in [0.2, 0.25) is 0 Å². The van der Waals surface area contributed by atoms with Gasteiger partial charge in [0.25, 0.3) is 0 Å². The predicted octanol–water partition coefficient (Wildman–Crippen LogP) is 3.39. The highest BCUT2D eigenvalue weighted by atomic mass is 19.1. The number of rotatable bonds is 4. The van der Waals surface area contributed by atoms with Crippen LogP contribution in [0.5, 0.6) is 0 Å². The van der Waals surface area contributed by atoms with Crippen molar-refractivity contribution in [2.24, 2.45) is 5.92 Å². The fourth-order valence-corrected chi connectivity index (χ4v) is 3.61. The van der Waals surface area contributed by atoms with E-state index in [4.69, 9.17) is 0 Å². The molecule has 1 aromatic rings. The summed E-state index contributed by atoms with van der Waals surface area (Å²) in [6.07, 6.45) is 6.62. The zero-order valence-electron chi connectivity index (χ0n) is 13.1. The minimum absolute atomic E-state index is 0.0951. The fraction of sp³-hybridized carbons (Fsp3) is 0.611. The van der Waals surface area contributed by atoms with E-state index >= 15 is 0 Å². The first-order valence-corrected chi connectivity index (χ1v) is 8.52. The molecule has 1 aliphatic heterocycles. The zero-order chi connectivity index (χ0) is 15.4. The average Bonchev–Trinajstić information content (AvgIpc) is 2.56. The fourth-order valence-electron chi connectivity index (χ4n) is 3.61. The van der Waals surface area contributed by atoms with Crippen molar-refractivity contribution in [1.29, 1.82) is 0 Å². The standard InChI is InChI=1S/C18H25FN2O/c19-16-13-15(18(22)12-14-4-2-1-3-5-14)6-7-17(16)21-10-8-20-9-11-21/h6-7,13-14,20H,1-5,8-12H2. The smallest absolute Gasteiger partial charge is 0.163 e. The maximum Gasteiger partial charge on any atom is 0.163 e. The van der Waals surface area contributed by atoms with Crippen LogP contribution in [-0.4, -0.2) is 32.0 Å². The summed E-state index contributed by atoms with van der Waals surface area (Å²) in [6.45, 7) is 3.38. The van der Waals surface area contributed by atoms with Gasteiger partial charge < -0.3 is 10.2 Å². The van der Waals surface area contributed by atoms with Crippen molar-refractivity contribution in [3.05, 3.63) is 29.6 Å². The number of ketones is 1. The molecule has 22 heavy (non-hydrogen) atoms. The Morgan fingerprint density at radius 2 is 1.91 bits per heavy atom. The van der Waals surface area contributed by atoms with E-state index in [9.17, 15) is 9.18 Å². The predicted molar refractivity (Wildman–Crippen MR) is 87.0 cm³/mol. The topological polar surface area (TPSA) is 32.3 Å². The number of halogens is 1. The van der Waals surface area contributed by atoms with Gasteiger partial charge in [-0.2, -0.15) is 0 Å². The largest absolute Gasteiger partial charge is 0.367 e. The molecule has 0 atom stereocenters. The third-order valence-corrected chi connectivity index (χ3v) is 4.93. The molecule has 1 aliphatic carbocycles. The first-order chi connectivity index (χ1) is 10.7. The van der Waals surface area contributed by atoms with Crippen molar-refractivity contribution >= 4 is 11.5 Å². The molecule has 0 spiro atoms. The lowest BCUT2D eigenvalue weighted by Gasteiger charge is -2.29. The van der Waals surface area contributed by atoms with Crippen molar-refractivity contribution in [1.82, 2.24) is 5.32 Å². The molecule has 1 saturated heterocycles. The highest BCUT2D eigenvalue weighted by molar-refractivity contribution is 5.96. The summed E-state index contributed by atoms with van der Waals surface area (Å²) in [5.41, 5.74) is 1.15. The molecule has 0 amide bonds. The van der Waals surface area contributed by atoms with E-state index in [1.165, 1.54) is 25.3 Å². The average molecular weight is 304 g/mol. The third kappa shape index (κ3) is 3.67. The number of carbonyl (C=O) groups is 1. The summed E-state index contributed by atoms with van der Waals surface area (Å²) >= 11 is 0. The Morgan fingerprint density at radius 1 is 1.18 bits per heavy atom. The molecule has 3 rings (SSSR count). The highest BCUT2D eigenvalue weighted by Gasteiger charge is 2.20. The molecule has 1 N–H and O–H groups in total. The maximum absolute atomic E-state index is 14.4. The summed E-state index contributed by atoms with van der Waals surface area (Å²) in [6, 6.07) is 5.00. The Bertz CT molecular complexity index is 520. The van der Waals surface area contributed by atoms with Crippen LogP contribution in [-0.2, 0) is 0 Å². The molecule has 1 heterocycles. The van der Waals surface area contributed by atoms with Crippen LogP contribution >= 0.6 is 0 Å². The van der Waals surface area contributed by atoms with E-state index in [0.717, 1.165) is 39.0 Å². The summed E-state index contributed by atoms with van der Waals surface area (Å²) < 4.78 is 14.4. The lowest BCUT2D eigenvalue weighted by atomic mass is 9.85. The van der Waals surface area contributed by atoms with Gasteiger partial charge >= 0.3 is 0 Å². The second kappa shape index (κ2) is 7.23. The maximum atomic E-state index is 14.4. The number of carbonyl (C=O) groups excluding carboxylic acids is 1. The van der Waals surface area contributed by atoms with Gasteiger partial charge in [0.15, 0.2) is 5.78 Å². The molecule has 0 aromatic heterocycles. The van der Waals surface area contributed by atoms with Crippen molar-refractivity contribution < 1.29 is 9.18 Å². The van der Waals surface area contributed by atoms with Gasteiger partial charge in [0, 0.05) is 38.2 Å². The van der Waals surface area contributed by atoms with Gasteiger partial charge in [0.1, 0.15) is 5.82 Å². The molecule has 0 radical (unpaired) electrons. The van der Waals surface area contributed by atoms with Crippen LogP contribution in [0.15, 0.2) is 18.2 Å². The van der Waals surface area contributed by atoms with E-state index in [1.54, 1.807) is 12.1 Å². The Kier molecular flexibility index (Phi) is 5.08. The quantitative estimate of drug-likeness (QED) is 0.865. The summed E-state index contributed by atoms with van der Waals surface area (Å²) in [5.74, 6) is 0.325. The second-order valence-electron chi connectivity index (χ2n) is 6.53. The van der Waals surface area contributed by atoms with Crippen LogP contribution in [0.1, 0.15) is 48.9 Å². The Labute approximate surface area is 131 Å². The lowest BCUT2D eigenvalue weighted by molar-refractivity contribution is 0.0950. The van der Waals surface area contributed by atoms with Gasteiger partial charge in [0.2, 0.25) is 0 Å². The number of anilines is 1. The van der Waals surface area contributed by atoms with Crippen molar-refractivity contribution in [2.45, 2.75) is 38.5 Å². The van der Waals surface area contributed by atoms with Crippen LogP contribution in [0.3, 0.4) is 0 Å². The van der Waals surface area contributed by atoms with E-state index < -0.39 is 0 Å². The molecular formula is C18H25FN2O. The number of hydrogen-bond acceptors (Lipinski definition) is 3. The second-order valence-corrected chi connectivity index (χ2v) is 6.53. The highest BCUT2D eigenvalue weighted by Crippen LogP contribution is 2.28.